The van der Waals surface area contributed by atoms with Crippen molar-refractivity contribution in [2.24, 2.45) is 0 Å². The Morgan fingerprint density at radius 2 is 1.77 bits per heavy atom. The minimum atomic E-state index is -4.90. The molecule has 0 aromatic heterocycles. The molecule has 0 fully saturated rings. The lowest BCUT2D eigenvalue weighted by atomic mass is 10.3. The summed E-state index contributed by atoms with van der Waals surface area (Å²) >= 11 is 0. The maximum Gasteiger partial charge on any atom is 0.573 e. The molecule has 1 rings (SSSR count). The number of halogens is 3. The first-order valence-electron chi connectivity index (χ1n) is 7.31. The van der Waals surface area contributed by atoms with Crippen molar-refractivity contribution in [3.05, 3.63) is 24.3 Å². The van der Waals surface area contributed by atoms with Crippen molar-refractivity contribution in [1.82, 2.24) is 10.0 Å². The van der Waals surface area contributed by atoms with Gasteiger partial charge in [-0.1, -0.05) is 6.92 Å². The number of ether oxygens (including phenoxy) is 2. The molecule has 0 spiro atoms. The summed E-state index contributed by atoms with van der Waals surface area (Å²) in [4.78, 5) is 22.3. The van der Waals surface area contributed by atoms with Crippen LogP contribution in [0.5, 0.6) is 5.75 Å². The summed E-state index contributed by atoms with van der Waals surface area (Å²) in [5.41, 5.74) is 0. The predicted octanol–water partition coefficient (Wildman–Crippen LogP) is 0.933. The fraction of sp³-hybridized carbons (Fsp3) is 0.429. The quantitative estimate of drug-likeness (QED) is 0.599. The smallest absolute Gasteiger partial charge is 0.455 e. The van der Waals surface area contributed by atoms with E-state index in [-0.39, 0.29) is 4.90 Å². The molecular weight excluding hydrogens is 381 g/mol. The zero-order valence-corrected chi connectivity index (χ0v) is 14.4. The largest absolute Gasteiger partial charge is 0.573 e. The van der Waals surface area contributed by atoms with Crippen molar-refractivity contribution < 1.29 is 40.7 Å². The van der Waals surface area contributed by atoms with E-state index in [1.165, 1.54) is 0 Å². The van der Waals surface area contributed by atoms with Crippen molar-refractivity contribution in [1.29, 1.82) is 0 Å². The maximum atomic E-state index is 12.1. The fourth-order valence-electron chi connectivity index (χ4n) is 1.57. The zero-order valence-electron chi connectivity index (χ0n) is 13.6. The lowest BCUT2D eigenvalue weighted by molar-refractivity contribution is -0.274. The van der Waals surface area contributed by atoms with Gasteiger partial charge in [0.2, 0.25) is 10.0 Å². The molecule has 0 unspecified atom stereocenters. The van der Waals surface area contributed by atoms with E-state index >= 15 is 0 Å². The van der Waals surface area contributed by atoms with E-state index in [0.717, 1.165) is 24.3 Å². The standard InChI is InChI=1S/C14H17F3N2O6S/c1-2-7-18-12(20)9-24-13(21)8-19-26(22,23)11-5-3-10(4-6-11)25-14(15,16)17/h3-6,19H,2,7-9H2,1H3,(H,18,20). The first-order valence-corrected chi connectivity index (χ1v) is 8.79. The summed E-state index contributed by atoms with van der Waals surface area (Å²) in [6, 6.07) is 3.40. The molecule has 1 amide bonds. The number of esters is 1. The minimum absolute atomic E-state index is 0.375. The van der Waals surface area contributed by atoms with Gasteiger partial charge in [-0.3, -0.25) is 9.59 Å². The van der Waals surface area contributed by atoms with Crippen LogP contribution in [0, 0.1) is 0 Å². The minimum Gasteiger partial charge on any atom is -0.455 e. The summed E-state index contributed by atoms with van der Waals surface area (Å²) in [6.45, 7) is 0.953. The highest BCUT2D eigenvalue weighted by Gasteiger charge is 2.31. The van der Waals surface area contributed by atoms with Gasteiger partial charge in [0, 0.05) is 6.54 Å². The lowest BCUT2D eigenvalue weighted by Crippen LogP contribution is -2.34. The molecule has 0 aliphatic heterocycles. The van der Waals surface area contributed by atoms with Crippen LogP contribution in [0.15, 0.2) is 29.2 Å². The molecule has 0 atom stereocenters. The summed E-state index contributed by atoms with van der Waals surface area (Å²) < 4.78 is 70.2. The number of benzene rings is 1. The lowest BCUT2D eigenvalue weighted by Gasteiger charge is -2.10. The van der Waals surface area contributed by atoms with Gasteiger partial charge in [0.25, 0.3) is 5.91 Å². The van der Waals surface area contributed by atoms with Crippen LogP contribution in [0.1, 0.15) is 13.3 Å². The van der Waals surface area contributed by atoms with Crippen molar-refractivity contribution in [3.8, 4) is 5.75 Å². The van der Waals surface area contributed by atoms with Crippen molar-refractivity contribution in [3.63, 3.8) is 0 Å². The number of rotatable bonds is 9. The fourth-order valence-corrected chi connectivity index (χ4v) is 2.54. The molecule has 1 aromatic carbocycles. The molecule has 12 heteroatoms. The highest BCUT2D eigenvalue weighted by molar-refractivity contribution is 7.89. The number of nitrogens with one attached hydrogen (secondary N) is 2. The van der Waals surface area contributed by atoms with Crippen LogP contribution in [0.4, 0.5) is 13.2 Å². The molecule has 0 saturated heterocycles. The second-order valence-electron chi connectivity index (χ2n) is 4.85. The van der Waals surface area contributed by atoms with Gasteiger partial charge in [-0.2, -0.15) is 4.72 Å². The van der Waals surface area contributed by atoms with E-state index in [1.54, 1.807) is 0 Å². The van der Waals surface area contributed by atoms with Crippen molar-refractivity contribution in [2.75, 3.05) is 19.7 Å². The van der Waals surface area contributed by atoms with E-state index < -0.39 is 47.2 Å². The topological polar surface area (TPSA) is 111 Å². The van der Waals surface area contributed by atoms with Crippen LogP contribution in [0.25, 0.3) is 0 Å². The third kappa shape index (κ3) is 8.16. The van der Waals surface area contributed by atoms with Crippen LogP contribution >= 0.6 is 0 Å². The first-order chi connectivity index (χ1) is 12.0. The summed E-state index contributed by atoms with van der Waals surface area (Å²) in [5.74, 6) is -2.10. The van der Waals surface area contributed by atoms with Gasteiger partial charge >= 0.3 is 12.3 Å². The van der Waals surface area contributed by atoms with Gasteiger partial charge < -0.3 is 14.8 Å². The molecule has 8 nitrogen and oxygen atoms in total. The van der Waals surface area contributed by atoms with Gasteiger partial charge in [0.1, 0.15) is 12.3 Å². The van der Waals surface area contributed by atoms with Gasteiger partial charge in [-0.15, -0.1) is 13.2 Å². The number of hydrogen-bond donors (Lipinski definition) is 2. The van der Waals surface area contributed by atoms with Crippen LogP contribution in [-0.4, -0.2) is 46.4 Å². The van der Waals surface area contributed by atoms with Gasteiger partial charge in [-0.25, -0.2) is 8.42 Å². The summed E-state index contributed by atoms with van der Waals surface area (Å²) in [6.07, 6.45) is -4.20. The number of sulfonamides is 1. The van der Waals surface area contributed by atoms with Crippen LogP contribution in [0.3, 0.4) is 0 Å². The number of hydrogen-bond acceptors (Lipinski definition) is 6. The van der Waals surface area contributed by atoms with Gasteiger partial charge in [0.15, 0.2) is 6.61 Å². The zero-order chi connectivity index (χ0) is 19.8. The molecule has 0 saturated carbocycles. The van der Waals surface area contributed by atoms with E-state index in [0.29, 0.717) is 13.0 Å². The number of alkyl halides is 3. The number of carbonyl (C=O) groups is 2. The molecule has 0 aliphatic rings. The third-order valence-corrected chi connectivity index (χ3v) is 4.13. The van der Waals surface area contributed by atoms with Crippen molar-refractivity contribution >= 4 is 21.9 Å². The van der Waals surface area contributed by atoms with Crippen LogP contribution in [0.2, 0.25) is 0 Å². The average molecular weight is 398 g/mol. The molecule has 26 heavy (non-hydrogen) atoms. The molecule has 0 aliphatic carbocycles. The van der Waals surface area contributed by atoms with Crippen LogP contribution in [-0.2, 0) is 24.3 Å². The Labute approximate surface area is 147 Å². The Morgan fingerprint density at radius 1 is 1.15 bits per heavy atom. The summed E-state index contributed by atoms with van der Waals surface area (Å²) in [5, 5.41) is 2.46. The van der Waals surface area contributed by atoms with Crippen LogP contribution < -0.4 is 14.8 Å². The maximum absolute atomic E-state index is 12.1. The average Bonchev–Trinajstić information content (AvgIpc) is 2.55. The third-order valence-electron chi connectivity index (χ3n) is 2.71. The predicted molar refractivity (Wildman–Crippen MR) is 82.6 cm³/mol. The molecule has 0 heterocycles. The monoisotopic (exact) mass is 398 g/mol. The van der Waals surface area contributed by atoms with E-state index in [1.807, 2.05) is 11.6 Å². The number of amides is 1. The molecule has 146 valence electrons. The van der Waals surface area contributed by atoms with E-state index in [2.05, 4.69) is 14.8 Å². The van der Waals surface area contributed by atoms with Gasteiger partial charge in [-0.05, 0) is 30.7 Å². The van der Waals surface area contributed by atoms with Gasteiger partial charge in [0.05, 0.1) is 4.90 Å². The Hall–Kier alpha value is -2.34. The highest BCUT2D eigenvalue weighted by atomic mass is 32.2. The van der Waals surface area contributed by atoms with E-state index in [9.17, 15) is 31.2 Å². The Balaban J connectivity index is 2.53. The molecule has 1 aromatic rings. The molecule has 2 N–H and O–H groups in total. The first kappa shape index (κ1) is 21.7. The second kappa shape index (κ2) is 9.38. The number of carbonyl (C=O) groups excluding carboxylic acids is 2. The second-order valence-corrected chi connectivity index (χ2v) is 6.62. The Bertz CT molecular complexity index is 719. The Kier molecular flexibility index (Phi) is 7.83. The highest BCUT2D eigenvalue weighted by Crippen LogP contribution is 2.23. The molecule has 0 radical (unpaired) electrons. The molecular formula is C14H17F3N2O6S. The summed E-state index contributed by atoms with van der Waals surface area (Å²) in [7, 11) is -4.16. The SMILES string of the molecule is CCCNC(=O)COC(=O)CNS(=O)(=O)c1ccc(OC(F)(F)F)cc1. The van der Waals surface area contributed by atoms with Crippen molar-refractivity contribution in [2.45, 2.75) is 24.6 Å². The molecule has 0 bridgehead atoms. The Morgan fingerprint density at radius 3 is 2.31 bits per heavy atom. The normalized spacial score (nSPS) is 11.7. The van der Waals surface area contributed by atoms with E-state index in [4.69, 9.17) is 0 Å².